The average Bonchev–Trinajstić information content (AvgIpc) is 2.60. The van der Waals surface area contributed by atoms with Crippen LogP contribution in [-0.2, 0) is 6.54 Å². The number of nitrogens with one attached hydrogen (secondary N) is 1. The zero-order valence-corrected chi connectivity index (χ0v) is 15.8. The number of aromatic nitrogens is 2. The SMILES string of the molecule is C=C(F)c1nc(N)nc(NC(C)CCCC)c1N(C)Cc1ccccc1. The summed E-state index contributed by atoms with van der Waals surface area (Å²) in [4.78, 5) is 10.3. The second-order valence-electron chi connectivity index (χ2n) is 6.56. The van der Waals surface area contributed by atoms with E-state index in [2.05, 4.69) is 35.7 Å². The summed E-state index contributed by atoms with van der Waals surface area (Å²) in [5.41, 5.74) is 7.60. The molecule has 0 aliphatic carbocycles. The van der Waals surface area contributed by atoms with E-state index in [0.717, 1.165) is 24.8 Å². The molecular formula is C20H28FN5. The predicted molar refractivity (Wildman–Crippen MR) is 108 cm³/mol. The Balaban J connectivity index is 2.38. The first-order valence-electron chi connectivity index (χ1n) is 8.96. The molecule has 5 nitrogen and oxygen atoms in total. The van der Waals surface area contributed by atoms with Crippen molar-refractivity contribution in [2.45, 2.75) is 45.7 Å². The van der Waals surface area contributed by atoms with Gasteiger partial charge in [-0.05, 0) is 18.9 Å². The van der Waals surface area contributed by atoms with E-state index in [4.69, 9.17) is 5.73 Å². The highest BCUT2D eigenvalue weighted by Gasteiger charge is 2.21. The van der Waals surface area contributed by atoms with Crippen LogP contribution in [0.3, 0.4) is 0 Å². The molecule has 1 aromatic heterocycles. The zero-order chi connectivity index (χ0) is 19.1. The van der Waals surface area contributed by atoms with Crippen LogP contribution in [0.2, 0.25) is 0 Å². The van der Waals surface area contributed by atoms with Crippen molar-refractivity contribution in [1.82, 2.24) is 9.97 Å². The molecule has 0 fully saturated rings. The van der Waals surface area contributed by atoms with E-state index < -0.39 is 5.83 Å². The third-order valence-corrected chi connectivity index (χ3v) is 4.18. The van der Waals surface area contributed by atoms with Gasteiger partial charge >= 0.3 is 0 Å². The molecule has 0 saturated heterocycles. The lowest BCUT2D eigenvalue weighted by molar-refractivity contribution is 0.642. The first-order chi connectivity index (χ1) is 12.4. The molecule has 1 atom stereocenters. The van der Waals surface area contributed by atoms with Crippen LogP contribution in [0.25, 0.3) is 5.83 Å². The molecule has 1 unspecified atom stereocenters. The van der Waals surface area contributed by atoms with Crippen LogP contribution < -0.4 is 16.0 Å². The number of nitrogens with two attached hydrogens (primary N) is 1. The number of hydrogen-bond acceptors (Lipinski definition) is 5. The highest BCUT2D eigenvalue weighted by molar-refractivity contribution is 5.79. The van der Waals surface area contributed by atoms with Gasteiger partial charge in [-0.2, -0.15) is 4.98 Å². The maximum absolute atomic E-state index is 14.1. The molecule has 26 heavy (non-hydrogen) atoms. The quantitative estimate of drug-likeness (QED) is 0.685. The Kier molecular flexibility index (Phi) is 6.95. The minimum Gasteiger partial charge on any atom is -0.368 e. The first-order valence-corrected chi connectivity index (χ1v) is 8.96. The van der Waals surface area contributed by atoms with E-state index in [9.17, 15) is 4.39 Å². The second-order valence-corrected chi connectivity index (χ2v) is 6.56. The highest BCUT2D eigenvalue weighted by Crippen LogP contribution is 2.33. The van der Waals surface area contributed by atoms with E-state index in [1.54, 1.807) is 0 Å². The fraction of sp³-hybridized carbons (Fsp3) is 0.400. The number of nitrogens with zero attached hydrogens (tertiary/aromatic N) is 3. The Labute approximate surface area is 155 Å². The molecule has 3 N–H and O–H groups in total. The summed E-state index contributed by atoms with van der Waals surface area (Å²) < 4.78 is 14.1. The number of halogens is 1. The molecular weight excluding hydrogens is 329 g/mol. The number of unbranched alkanes of at least 4 members (excludes halogenated alkanes) is 1. The molecule has 2 aromatic rings. The van der Waals surface area contributed by atoms with Crippen LogP contribution in [0.5, 0.6) is 0 Å². The number of anilines is 3. The molecule has 1 aromatic carbocycles. The van der Waals surface area contributed by atoms with Crippen LogP contribution in [0.1, 0.15) is 44.4 Å². The minimum atomic E-state index is -0.627. The van der Waals surface area contributed by atoms with Crippen molar-refractivity contribution in [3.8, 4) is 0 Å². The van der Waals surface area contributed by atoms with Crippen molar-refractivity contribution < 1.29 is 4.39 Å². The standard InChI is InChI=1S/C20H28FN5/c1-5-6-10-14(2)23-19-18(17(15(3)21)24-20(22)25-19)26(4)13-16-11-8-7-9-12-16/h7-9,11-12,14H,3,5-6,10,13H2,1-2,4H3,(H3,22,23,24,25). The van der Waals surface area contributed by atoms with Crippen LogP contribution in [0.4, 0.5) is 21.8 Å². The van der Waals surface area contributed by atoms with Gasteiger partial charge in [0, 0.05) is 19.6 Å². The molecule has 0 amide bonds. The molecule has 0 aliphatic rings. The van der Waals surface area contributed by atoms with Gasteiger partial charge in [-0.1, -0.05) is 56.7 Å². The summed E-state index contributed by atoms with van der Waals surface area (Å²) in [6, 6.07) is 10.2. The highest BCUT2D eigenvalue weighted by atomic mass is 19.1. The van der Waals surface area contributed by atoms with Crippen molar-refractivity contribution in [3.63, 3.8) is 0 Å². The van der Waals surface area contributed by atoms with Crippen molar-refractivity contribution in [3.05, 3.63) is 48.2 Å². The van der Waals surface area contributed by atoms with Crippen molar-refractivity contribution >= 4 is 23.3 Å². The maximum Gasteiger partial charge on any atom is 0.222 e. The van der Waals surface area contributed by atoms with Gasteiger partial charge in [-0.25, -0.2) is 9.37 Å². The smallest absolute Gasteiger partial charge is 0.222 e. The molecule has 0 bridgehead atoms. The number of hydrogen-bond donors (Lipinski definition) is 2. The van der Waals surface area contributed by atoms with Crippen LogP contribution in [0, 0.1) is 0 Å². The topological polar surface area (TPSA) is 67.1 Å². The van der Waals surface area contributed by atoms with Gasteiger partial charge in [0.05, 0.1) is 0 Å². The van der Waals surface area contributed by atoms with Crippen LogP contribution in [0.15, 0.2) is 36.9 Å². The minimum absolute atomic E-state index is 0.0286. The van der Waals surface area contributed by atoms with Gasteiger partial charge in [0.25, 0.3) is 0 Å². The van der Waals surface area contributed by atoms with Gasteiger partial charge < -0.3 is 16.0 Å². The van der Waals surface area contributed by atoms with Crippen molar-refractivity contribution in [2.75, 3.05) is 23.0 Å². The molecule has 1 heterocycles. The van der Waals surface area contributed by atoms with E-state index in [0.29, 0.717) is 18.1 Å². The summed E-state index contributed by atoms with van der Waals surface area (Å²) in [6.07, 6.45) is 3.21. The van der Waals surface area contributed by atoms with Gasteiger partial charge in [0.15, 0.2) is 5.82 Å². The lowest BCUT2D eigenvalue weighted by atomic mass is 10.1. The first kappa shape index (κ1) is 19.7. The summed E-state index contributed by atoms with van der Waals surface area (Å²) >= 11 is 0. The fourth-order valence-electron chi connectivity index (χ4n) is 2.88. The second kappa shape index (κ2) is 9.17. The van der Waals surface area contributed by atoms with E-state index >= 15 is 0 Å². The predicted octanol–water partition coefficient (Wildman–Crippen LogP) is 4.63. The molecule has 0 radical (unpaired) electrons. The monoisotopic (exact) mass is 357 g/mol. The Morgan fingerprint density at radius 3 is 2.62 bits per heavy atom. The maximum atomic E-state index is 14.1. The molecule has 140 valence electrons. The molecule has 0 aliphatic heterocycles. The lowest BCUT2D eigenvalue weighted by Crippen LogP contribution is -2.24. The van der Waals surface area contributed by atoms with Crippen molar-refractivity contribution in [1.29, 1.82) is 0 Å². The Hall–Kier alpha value is -2.63. The van der Waals surface area contributed by atoms with E-state index in [1.165, 1.54) is 0 Å². The Bertz CT molecular complexity index is 732. The summed E-state index contributed by atoms with van der Waals surface area (Å²) in [7, 11) is 1.89. The van der Waals surface area contributed by atoms with Gasteiger partial charge in [0.1, 0.15) is 17.2 Å². The molecule has 0 spiro atoms. The Morgan fingerprint density at radius 1 is 1.31 bits per heavy atom. The fourth-order valence-corrected chi connectivity index (χ4v) is 2.88. The van der Waals surface area contributed by atoms with Crippen LogP contribution >= 0.6 is 0 Å². The summed E-state index contributed by atoms with van der Waals surface area (Å²) in [5.74, 6) is -0.0625. The third-order valence-electron chi connectivity index (χ3n) is 4.18. The lowest BCUT2D eigenvalue weighted by Gasteiger charge is -2.26. The van der Waals surface area contributed by atoms with Gasteiger partial charge in [0.2, 0.25) is 5.95 Å². The Morgan fingerprint density at radius 2 is 2.00 bits per heavy atom. The van der Waals surface area contributed by atoms with Crippen molar-refractivity contribution in [2.24, 2.45) is 0 Å². The van der Waals surface area contributed by atoms with E-state index in [-0.39, 0.29) is 17.7 Å². The number of benzene rings is 1. The molecule has 6 heteroatoms. The number of nitrogen functional groups attached to an aromatic ring is 1. The summed E-state index contributed by atoms with van der Waals surface area (Å²) in [6.45, 7) is 8.24. The summed E-state index contributed by atoms with van der Waals surface area (Å²) in [5, 5.41) is 3.37. The normalized spacial score (nSPS) is 11.8. The van der Waals surface area contributed by atoms with Crippen LogP contribution in [-0.4, -0.2) is 23.1 Å². The van der Waals surface area contributed by atoms with Gasteiger partial charge in [-0.3, -0.25) is 0 Å². The van der Waals surface area contributed by atoms with E-state index in [1.807, 2.05) is 42.3 Å². The zero-order valence-electron chi connectivity index (χ0n) is 15.8. The number of rotatable bonds is 9. The third kappa shape index (κ3) is 5.18. The molecule has 2 rings (SSSR count). The molecule has 0 saturated carbocycles. The average molecular weight is 357 g/mol. The largest absolute Gasteiger partial charge is 0.368 e. The van der Waals surface area contributed by atoms with Gasteiger partial charge in [-0.15, -0.1) is 0 Å².